The van der Waals surface area contributed by atoms with E-state index in [1.165, 1.54) is 0 Å². The lowest BCUT2D eigenvalue weighted by molar-refractivity contribution is -0.177. The average molecular weight is 829 g/mol. The molecule has 0 N–H and O–H groups in total. The van der Waals surface area contributed by atoms with Crippen LogP contribution < -0.4 is 0 Å². The zero-order valence-corrected chi connectivity index (χ0v) is 40.1. The topological polar surface area (TPSA) is 108 Å². The lowest BCUT2D eigenvalue weighted by atomic mass is 9.89. The lowest BCUT2D eigenvalue weighted by Gasteiger charge is -2.48. The summed E-state index contributed by atoms with van der Waals surface area (Å²) in [7, 11) is -11.5. The second-order valence-corrected chi connectivity index (χ2v) is 32.9. The first-order valence-electron chi connectivity index (χ1n) is 20.2. The third kappa shape index (κ3) is 10.4. The van der Waals surface area contributed by atoms with E-state index in [-0.39, 0.29) is 18.1 Å². The van der Waals surface area contributed by atoms with Crippen LogP contribution in [0.2, 0.25) is 54.4 Å². The molecule has 0 radical (unpaired) electrons. The van der Waals surface area contributed by atoms with Gasteiger partial charge in [0.1, 0.15) is 23.9 Å². The molecule has 7 atom stereocenters. The zero-order valence-electron chi connectivity index (χ0n) is 36.3. The van der Waals surface area contributed by atoms with Crippen molar-refractivity contribution in [3.63, 3.8) is 0 Å². The van der Waals surface area contributed by atoms with Gasteiger partial charge < -0.3 is 32.2 Å². The Hall–Kier alpha value is -0.859. The van der Waals surface area contributed by atoms with Crippen molar-refractivity contribution >= 4 is 35.1 Å². The van der Waals surface area contributed by atoms with Crippen molar-refractivity contribution in [2.75, 3.05) is 19.5 Å². The zero-order chi connectivity index (χ0) is 41.0. The van der Waals surface area contributed by atoms with Crippen LogP contribution in [-0.4, -0.2) is 101 Å². The van der Waals surface area contributed by atoms with E-state index in [1.807, 2.05) is 33.8 Å². The minimum absolute atomic E-state index is 0.113. The van der Waals surface area contributed by atoms with Crippen LogP contribution >= 0.6 is 0 Å². The van der Waals surface area contributed by atoms with Gasteiger partial charge in [0, 0.05) is 18.6 Å². The molecule has 1 fully saturated rings. The fourth-order valence-corrected chi connectivity index (χ4v) is 15.2. The molecule has 0 aromatic rings. The van der Waals surface area contributed by atoms with Gasteiger partial charge in [0.25, 0.3) is 10.1 Å². The first kappa shape index (κ1) is 47.5. The Morgan fingerprint density at radius 1 is 0.944 bits per heavy atom. The molecule has 310 valence electrons. The Balaban J connectivity index is 2.54. The molecule has 3 aliphatic rings. The molecule has 0 spiro atoms. The maximum Gasteiger partial charge on any atom is 0.265 e. The first-order chi connectivity index (χ1) is 24.9. The standard InChI is InChI=1S/C40H72O10SSi3/c1-17-43-31(8)45-33-29-32-26-28-40(35-30-44-38(12,13)46-35,50-54(21-5,22-6)23-7)34(47-51(14,41)42)25-24-27-39(32,49-53(18-2,19-3)20-4)36(33)48-52(15,16)37(9,10)11/h29,31,33-36H,17-23,27,30H2,1-16H3/t31?,33-,34+,35-,36+,39+,40+/m1/s1. The van der Waals surface area contributed by atoms with Gasteiger partial charge in [0.2, 0.25) is 0 Å². The Morgan fingerprint density at radius 2 is 1.50 bits per heavy atom. The number of ether oxygens (including phenoxy) is 4. The summed E-state index contributed by atoms with van der Waals surface area (Å²) >= 11 is 0. The molecular weight excluding hydrogens is 757 g/mol. The number of hydrogen-bond donors (Lipinski definition) is 0. The van der Waals surface area contributed by atoms with Gasteiger partial charge in [0.05, 0.1) is 12.9 Å². The van der Waals surface area contributed by atoms with Crippen LogP contribution in [0.3, 0.4) is 0 Å². The molecule has 10 nitrogen and oxygen atoms in total. The van der Waals surface area contributed by atoms with Crippen LogP contribution in [-0.2, 0) is 46.5 Å². The third-order valence-electron chi connectivity index (χ3n) is 12.3. The van der Waals surface area contributed by atoms with Crippen LogP contribution in [0.1, 0.15) is 96.4 Å². The van der Waals surface area contributed by atoms with E-state index in [4.69, 9.17) is 36.4 Å². The summed E-state index contributed by atoms with van der Waals surface area (Å²) < 4.78 is 80.1. The van der Waals surface area contributed by atoms with Crippen molar-refractivity contribution in [3.8, 4) is 23.7 Å². The van der Waals surface area contributed by atoms with Crippen LogP contribution in [0.4, 0.5) is 0 Å². The van der Waals surface area contributed by atoms with Crippen molar-refractivity contribution in [3.05, 3.63) is 11.6 Å². The van der Waals surface area contributed by atoms with E-state index < -0.39 is 82.8 Å². The summed E-state index contributed by atoms with van der Waals surface area (Å²) in [5, 5.41) is -0.129. The van der Waals surface area contributed by atoms with Crippen molar-refractivity contribution in [2.45, 2.75) is 199 Å². The van der Waals surface area contributed by atoms with E-state index in [9.17, 15) is 8.42 Å². The Kier molecular flexibility index (Phi) is 15.8. The first-order valence-corrected chi connectivity index (χ1v) is 30.0. The molecule has 0 amide bonds. The summed E-state index contributed by atoms with van der Waals surface area (Å²) in [6, 6.07) is 4.99. The Morgan fingerprint density at radius 3 is 1.96 bits per heavy atom. The second kappa shape index (κ2) is 18.0. The van der Waals surface area contributed by atoms with Crippen LogP contribution in [0.5, 0.6) is 0 Å². The highest BCUT2D eigenvalue weighted by molar-refractivity contribution is 7.86. The van der Waals surface area contributed by atoms with Gasteiger partial charge in [-0.25, -0.2) is 4.18 Å². The van der Waals surface area contributed by atoms with Crippen LogP contribution in [0.15, 0.2) is 11.6 Å². The van der Waals surface area contributed by atoms with Gasteiger partial charge in [-0.3, -0.25) is 0 Å². The van der Waals surface area contributed by atoms with E-state index in [2.05, 4.69) is 99.1 Å². The maximum absolute atomic E-state index is 13.1. The molecule has 1 heterocycles. The predicted molar refractivity (Wildman–Crippen MR) is 223 cm³/mol. The van der Waals surface area contributed by atoms with Gasteiger partial charge in [-0.1, -0.05) is 86.0 Å². The minimum atomic E-state index is -4.05. The fraction of sp³-hybridized carbons (Fsp3) is 0.850. The van der Waals surface area contributed by atoms with Gasteiger partial charge in [-0.2, -0.15) is 8.42 Å². The molecule has 14 heteroatoms. The van der Waals surface area contributed by atoms with E-state index in [0.29, 0.717) is 12.2 Å². The summed E-state index contributed by atoms with van der Waals surface area (Å²) in [5.41, 5.74) is -2.08. The van der Waals surface area contributed by atoms with Crippen LogP contribution in [0.25, 0.3) is 0 Å². The molecule has 1 aliphatic heterocycles. The largest absolute Gasteiger partial charge is 0.408 e. The number of rotatable bonds is 19. The third-order valence-corrected chi connectivity index (χ3v) is 26.6. The van der Waals surface area contributed by atoms with Gasteiger partial charge in [-0.05, 0) is 88.2 Å². The highest BCUT2D eigenvalue weighted by Crippen LogP contribution is 2.49. The van der Waals surface area contributed by atoms with Crippen molar-refractivity contribution in [2.24, 2.45) is 0 Å². The summed E-state index contributed by atoms with van der Waals surface area (Å²) in [4.78, 5) is 0. The highest BCUT2D eigenvalue weighted by Gasteiger charge is 2.60. The predicted octanol–water partition coefficient (Wildman–Crippen LogP) is 8.51. The molecule has 0 saturated carbocycles. The van der Waals surface area contributed by atoms with E-state index in [0.717, 1.165) is 42.5 Å². The quantitative estimate of drug-likeness (QED) is 0.0545. The molecular formula is C40H72O10SSi3. The van der Waals surface area contributed by atoms with Gasteiger partial charge in [0.15, 0.2) is 48.7 Å². The summed E-state index contributed by atoms with van der Waals surface area (Å²) in [6.45, 7) is 32.2. The van der Waals surface area contributed by atoms with E-state index in [1.54, 1.807) is 0 Å². The Bertz CT molecular complexity index is 1530. The van der Waals surface area contributed by atoms with Gasteiger partial charge in [-0.15, -0.1) is 0 Å². The average Bonchev–Trinajstić information content (AvgIpc) is 3.59. The molecule has 0 aromatic heterocycles. The normalized spacial score (nSPS) is 29.5. The second-order valence-electron chi connectivity index (χ2n) is 17.1. The molecule has 2 aliphatic carbocycles. The van der Waals surface area contributed by atoms with Crippen molar-refractivity contribution in [1.82, 2.24) is 0 Å². The number of fused-ring (bicyclic) bond motifs is 1. The van der Waals surface area contributed by atoms with Gasteiger partial charge >= 0.3 is 0 Å². The Labute approximate surface area is 332 Å². The molecule has 1 unspecified atom stereocenters. The fourth-order valence-electron chi connectivity index (χ4n) is 7.42. The molecule has 54 heavy (non-hydrogen) atoms. The van der Waals surface area contributed by atoms with Crippen LogP contribution in [0, 0.1) is 23.7 Å². The molecule has 0 aromatic carbocycles. The van der Waals surface area contributed by atoms with Crippen molar-refractivity contribution in [1.29, 1.82) is 0 Å². The monoisotopic (exact) mass is 828 g/mol. The lowest BCUT2D eigenvalue weighted by Crippen LogP contribution is -2.61. The smallest absolute Gasteiger partial charge is 0.265 e. The molecule has 3 rings (SSSR count). The highest BCUT2D eigenvalue weighted by atomic mass is 32.2. The van der Waals surface area contributed by atoms with E-state index >= 15 is 0 Å². The van der Waals surface area contributed by atoms with Crippen molar-refractivity contribution < 1.29 is 44.8 Å². The maximum atomic E-state index is 13.1. The number of hydrogen-bond acceptors (Lipinski definition) is 10. The summed E-state index contributed by atoms with van der Waals surface area (Å²) in [5.74, 6) is 12.9. The SMILES string of the molecule is CCOC(C)O[C@@H]1C=C2C#C[C@@](O[Si](CC)(CC)CC)([C@H]3COC(C)(C)O3)[C@@H](OS(C)(=O)=O)C#CC[C@@]2(O[Si](CC)(CC)CC)[C@H]1O[Si](C)(C)C(C)(C)C. The molecule has 1 saturated heterocycles. The minimum Gasteiger partial charge on any atom is -0.408 e. The summed E-state index contributed by atoms with van der Waals surface area (Å²) in [6.07, 6.45) is -0.584. The molecule has 0 bridgehead atoms.